The Kier molecular flexibility index (Phi) is 4.80. The Bertz CT molecular complexity index is 538. The van der Waals surface area contributed by atoms with Crippen molar-refractivity contribution in [1.82, 2.24) is 5.32 Å². The van der Waals surface area contributed by atoms with Gasteiger partial charge in [-0.25, -0.2) is 4.39 Å². The average molecular weight is 316 g/mol. The maximum Gasteiger partial charge on any atom is 0.311 e. The van der Waals surface area contributed by atoms with Gasteiger partial charge in [-0.1, -0.05) is 17.7 Å². The van der Waals surface area contributed by atoms with Gasteiger partial charge >= 0.3 is 5.97 Å². The minimum Gasteiger partial charge on any atom is -0.481 e. The number of amides is 1. The van der Waals surface area contributed by atoms with Crippen molar-refractivity contribution >= 4 is 23.5 Å². The molecule has 0 saturated carbocycles. The van der Waals surface area contributed by atoms with E-state index in [2.05, 4.69) is 5.32 Å². The van der Waals surface area contributed by atoms with Crippen LogP contribution in [0.4, 0.5) is 4.39 Å². The number of carboxylic acid groups (broad SMARTS) is 1. The molecule has 0 aliphatic carbocycles. The standard InChI is InChI=1S/C14H15ClFNO4/c15-9-2-1-3-10(16)11(9)12(18)17-8-14(13(19)20)4-6-21-7-5-14/h1-3H,4-8H2,(H,17,18)(H,19,20). The third kappa shape index (κ3) is 3.33. The van der Waals surface area contributed by atoms with Gasteiger partial charge in [0.15, 0.2) is 0 Å². The van der Waals surface area contributed by atoms with Crippen LogP contribution in [0.1, 0.15) is 23.2 Å². The van der Waals surface area contributed by atoms with Gasteiger partial charge in [0.25, 0.3) is 5.91 Å². The van der Waals surface area contributed by atoms with Crippen LogP contribution in [-0.4, -0.2) is 36.7 Å². The lowest BCUT2D eigenvalue weighted by Gasteiger charge is -2.33. The second-order valence-electron chi connectivity index (χ2n) is 4.98. The minimum atomic E-state index is -1.08. The Balaban J connectivity index is 2.11. The van der Waals surface area contributed by atoms with Crippen molar-refractivity contribution in [2.75, 3.05) is 19.8 Å². The third-order valence-corrected chi connectivity index (χ3v) is 4.00. The Morgan fingerprint density at radius 1 is 1.38 bits per heavy atom. The number of halogens is 2. The fourth-order valence-corrected chi connectivity index (χ4v) is 2.53. The van der Waals surface area contributed by atoms with Gasteiger partial charge in [0.1, 0.15) is 5.82 Å². The lowest BCUT2D eigenvalue weighted by atomic mass is 9.80. The summed E-state index contributed by atoms with van der Waals surface area (Å²) in [4.78, 5) is 23.5. The molecule has 114 valence electrons. The quantitative estimate of drug-likeness (QED) is 0.892. The highest BCUT2D eigenvalue weighted by Crippen LogP contribution is 2.30. The van der Waals surface area contributed by atoms with Crippen LogP contribution < -0.4 is 5.32 Å². The van der Waals surface area contributed by atoms with E-state index >= 15 is 0 Å². The molecule has 2 rings (SSSR count). The zero-order valence-corrected chi connectivity index (χ0v) is 12.0. The van der Waals surface area contributed by atoms with E-state index in [1.54, 1.807) is 0 Å². The molecule has 1 aliphatic heterocycles. The van der Waals surface area contributed by atoms with Crippen LogP contribution in [0, 0.1) is 11.2 Å². The second kappa shape index (κ2) is 6.41. The van der Waals surface area contributed by atoms with E-state index < -0.39 is 23.1 Å². The second-order valence-corrected chi connectivity index (χ2v) is 5.38. The predicted octanol–water partition coefficient (Wildman–Crippen LogP) is 2.09. The van der Waals surface area contributed by atoms with Crippen LogP contribution in [0.15, 0.2) is 18.2 Å². The smallest absolute Gasteiger partial charge is 0.311 e. The number of carboxylic acids is 1. The minimum absolute atomic E-state index is 0.0103. The van der Waals surface area contributed by atoms with Crippen molar-refractivity contribution in [2.45, 2.75) is 12.8 Å². The van der Waals surface area contributed by atoms with E-state index in [1.165, 1.54) is 12.1 Å². The fraction of sp³-hybridized carbons (Fsp3) is 0.429. The molecular formula is C14H15ClFNO4. The Hall–Kier alpha value is -1.66. The summed E-state index contributed by atoms with van der Waals surface area (Å²) in [7, 11) is 0. The molecule has 5 nitrogen and oxygen atoms in total. The highest BCUT2D eigenvalue weighted by atomic mass is 35.5. The van der Waals surface area contributed by atoms with Crippen LogP contribution in [0.5, 0.6) is 0 Å². The van der Waals surface area contributed by atoms with E-state index in [1.807, 2.05) is 0 Å². The number of hydrogen-bond acceptors (Lipinski definition) is 3. The lowest BCUT2D eigenvalue weighted by molar-refractivity contribution is -0.154. The molecule has 7 heteroatoms. The molecule has 1 amide bonds. The molecule has 1 fully saturated rings. The molecule has 1 heterocycles. The van der Waals surface area contributed by atoms with Crippen molar-refractivity contribution in [1.29, 1.82) is 0 Å². The lowest BCUT2D eigenvalue weighted by Crippen LogP contribution is -2.46. The molecule has 1 saturated heterocycles. The normalized spacial score (nSPS) is 17.2. The van der Waals surface area contributed by atoms with E-state index in [0.29, 0.717) is 26.1 Å². The summed E-state index contributed by atoms with van der Waals surface area (Å²) in [6.07, 6.45) is 0.598. The van der Waals surface area contributed by atoms with Gasteiger partial charge in [0, 0.05) is 19.8 Å². The number of nitrogens with one attached hydrogen (secondary N) is 1. The topological polar surface area (TPSA) is 75.6 Å². The highest BCUT2D eigenvalue weighted by Gasteiger charge is 2.40. The third-order valence-electron chi connectivity index (χ3n) is 3.68. The zero-order valence-electron chi connectivity index (χ0n) is 11.2. The number of carbonyl (C=O) groups is 2. The largest absolute Gasteiger partial charge is 0.481 e. The maximum atomic E-state index is 13.6. The van der Waals surface area contributed by atoms with Crippen molar-refractivity contribution in [3.05, 3.63) is 34.6 Å². The molecule has 21 heavy (non-hydrogen) atoms. The molecule has 0 radical (unpaired) electrons. The molecule has 0 spiro atoms. The molecule has 0 unspecified atom stereocenters. The summed E-state index contributed by atoms with van der Waals surface area (Å²) in [5.41, 5.74) is -1.35. The van der Waals surface area contributed by atoms with Crippen molar-refractivity contribution in [3.8, 4) is 0 Å². The predicted molar refractivity (Wildman–Crippen MR) is 73.9 cm³/mol. The van der Waals surface area contributed by atoms with Gasteiger partial charge in [-0.15, -0.1) is 0 Å². The van der Waals surface area contributed by atoms with Gasteiger partial charge < -0.3 is 15.2 Å². The molecule has 1 aliphatic rings. The van der Waals surface area contributed by atoms with E-state index in [9.17, 15) is 19.1 Å². The van der Waals surface area contributed by atoms with E-state index in [4.69, 9.17) is 16.3 Å². The Labute approximate surface area is 126 Å². The zero-order chi connectivity index (χ0) is 15.5. The number of rotatable bonds is 4. The maximum absolute atomic E-state index is 13.6. The monoisotopic (exact) mass is 315 g/mol. The summed E-state index contributed by atoms with van der Waals surface area (Å²) < 4.78 is 18.8. The SMILES string of the molecule is O=C(NCC1(C(=O)O)CCOCC1)c1c(F)cccc1Cl. The summed E-state index contributed by atoms with van der Waals surface area (Å²) in [6, 6.07) is 3.93. The number of hydrogen-bond donors (Lipinski definition) is 2. The van der Waals surface area contributed by atoms with Crippen molar-refractivity contribution in [3.63, 3.8) is 0 Å². The van der Waals surface area contributed by atoms with Gasteiger partial charge in [-0.3, -0.25) is 9.59 Å². The molecule has 1 aromatic rings. The summed E-state index contributed by atoms with van der Waals surface area (Å²) >= 11 is 5.81. The Morgan fingerprint density at radius 3 is 2.62 bits per heavy atom. The first kappa shape index (κ1) is 15.7. The Morgan fingerprint density at radius 2 is 2.05 bits per heavy atom. The molecular weight excluding hydrogens is 301 g/mol. The first-order valence-corrected chi connectivity index (χ1v) is 6.87. The fourth-order valence-electron chi connectivity index (χ4n) is 2.28. The number of aliphatic carboxylic acids is 1. The molecule has 1 aromatic carbocycles. The first-order chi connectivity index (χ1) is 9.96. The van der Waals surface area contributed by atoms with Crippen LogP contribution in [0.2, 0.25) is 5.02 Å². The summed E-state index contributed by atoms with van der Waals surface area (Å²) in [6.45, 7) is 0.556. The average Bonchev–Trinajstić information content (AvgIpc) is 2.46. The van der Waals surface area contributed by atoms with E-state index in [-0.39, 0.29) is 17.1 Å². The molecule has 0 atom stereocenters. The van der Waals surface area contributed by atoms with E-state index in [0.717, 1.165) is 6.07 Å². The van der Waals surface area contributed by atoms with Crippen LogP contribution in [0.25, 0.3) is 0 Å². The van der Waals surface area contributed by atoms with Gasteiger partial charge in [0.2, 0.25) is 0 Å². The molecule has 0 bridgehead atoms. The number of benzene rings is 1. The van der Waals surface area contributed by atoms with Crippen molar-refractivity contribution < 1.29 is 23.8 Å². The van der Waals surface area contributed by atoms with Crippen LogP contribution in [0.3, 0.4) is 0 Å². The highest BCUT2D eigenvalue weighted by molar-refractivity contribution is 6.33. The molecule has 0 aromatic heterocycles. The number of ether oxygens (including phenoxy) is 1. The van der Waals surface area contributed by atoms with Gasteiger partial charge in [0.05, 0.1) is 16.0 Å². The number of carbonyl (C=O) groups excluding carboxylic acids is 1. The molecule has 2 N–H and O–H groups in total. The summed E-state index contributed by atoms with van der Waals surface area (Å²) in [5, 5.41) is 11.8. The van der Waals surface area contributed by atoms with Crippen molar-refractivity contribution in [2.24, 2.45) is 5.41 Å². The van der Waals surface area contributed by atoms with Crippen LogP contribution >= 0.6 is 11.6 Å². The van der Waals surface area contributed by atoms with Gasteiger partial charge in [-0.05, 0) is 25.0 Å². The van der Waals surface area contributed by atoms with Gasteiger partial charge in [-0.2, -0.15) is 0 Å². The van der Waals surface area contributed by atoms with Crippen LogP contribution in [-0.2, 0) is 9.53 Å². The summed E-state index contributed by atoms with van der Waals surface area (Å²) in [5.74, 6) is -2.45. The first-order valence-electron chi connectivity index (χ1n) is 6.50.